The van der Waals surface area contributed by atoms with E-state index in [9.17, 15) is 9.59 Å². The largest absolute Gasteiger partial charge is 0.481 e. The van der Waals surface area contributed by atoms with Gasteiger partial charge in [0.15, 0.2) is 0 Å². The minimum atomic E-state index is -0.811. The van der Waals surface area contributed by atoms with Gasteiger partial charge in [0.05, 0.1) is 12.5 Å². The lowest BCUT2D eigenvalue weighted by molar-refractivity contribution is -0.138. The second-order valence-electron chi connectivity index (χ2n) is 7.69. The number of piperidine rings is 1. The van der Waals surface area contributed by atoms with Crippen LogP contribution in [-0.4, -0.2) is 53.1 Å². The summed E-state index contributed by atoms with van der Waals surface area (Å²) in [5.74, 6) is -0.744. The lowest BCUT2D eigenvalue weighted by Crippen LogP contribution is -2.31. The Bertz CT molecular complexity index is 590. The second kappa shape index (κ2) is 11.2. The molecule has 2 unspecified atom stereocenters. The first kappa shape index (κ1) is 21.6. The number of aliphatic hydroxyl groups excluding tert-OH is 1. The fourth-order valence-corrected chi connectivity index (χ4v) is 3.80. The van der Waals surface area contributed by atoms with Crippen LogP contribution >= 0.6 is 0 Å². The molecule has 0 spiro atoms. The third-order valence-electron chi connectivity index (χ3n) is 5.63. The normalized spacial score (nSPS) is 21.4. The van der Waals surface area contributed by atoms with Gasteiger partial charge >= 0.3 is 5.97 Å². The quantitative estimate of drug-likeness (QED) is 0.798. The van der Waals surface area contributed by atoms with E-state index in [4.69, 9.17) is 10.2 Å². The molecule has 0 amide bonds. The number of aliphatic hydroxyl groups is 1. The van der Waals surface area contributed by atoms with Crippen LogP contribution in [0.15, 0.2) is 24.3 Å². The zero-order valence-corrected chi connectivity index (χ0v) is 16.4. The molecule has 1 aromatic carbocycles. The van der Waals surface area contributed by atoms with Gasteiger partial charge in [0.1, 0.15) is 5.78 Å². The molecular formula is C22H33NO4. The van der Waals surface area contributed by atoms with Gasteiger partial charge in [-0.15, -0.1) is 0 Å². The number of carbonyl (C=O) groups is 2. The molecule has 1 aliphatic carbocycles. The first-order valence-electron chi connectivity index (χ1n) is 10.2. The average molecular weight is 376 g/mol. The van der Waals surface area contributed by atoms with Crippen molar-refractivity contribution < 1.29 is 19.8 Å². The highest BCUT2D eigenvalue weighted by atomic mass is 16.4. The molecule has 2 N–H and O–H groups in total. The Labute approximate surface area is 162 Å². The van der Waals surface area contributed by atoms with E-state index in [0.717, 1.165) is 43.4 Å². The molecule has 1 heterocycles. The first-order valence-corrected chi connectivity index (χ1v) is 10.2. The van der Waals surface area contributed by atoms with Gasteiger partial charge in [-0.25, -0.2) is 0 Å². The highest BCUT2D eigenvalue weighted by Crippen LogP contribution is 2.25. The Morgan fingerprint density at radius 2 is 1.81 bits per heavy atom. The molecule has 2 atom stereocenters. The van der Waals surface area contributed by atoms with E-state index >= 15 is 0 Å². The number of aliphatic carboxylic acids is 1. The summed E-state index contributed by atoms with van der Waals surface area (Å²) in [5.41, 5.74) is 1.93. The van der Waals surface area contributed by atoms with Crippen molar-refractivity contribution in [1.29, 1.82) is 0 Å². The zero-order valence-electron chi connectivity index (χ0n) is 16.4. The van der Waals surface area contributed by atoms with E-state index in [-0.39, 0.29) is 5.92 Å². The number of ketones is 1. The number of carboxylic acid groups (broad SMARTS) is 1. The van der Waals surface area contributed by atoms with E-state index in [1.165, 1.54) is 32.4 Å². The van der Waals surface area contributed by atoms with Crippen molar-refractivity contribution >= 4 is 11.8 Å². The van der Waals surface area contributed by atoms with Crippen molar-refractivity contribution in [1.82, 2.24) is 4.90 Å². The number of Topliss-reactive ketones (excluding diaryl/α,β-unsaturated/α-hetero) is 1. The topological polar surface area (TPSA) is 77.8 Å². The Kier molecular flexibility index (Phi) is 8.95. The second-order valence-corrected chi connectivity index (χ2v) is 7.69. The van der Waals surface area contributed by atoms with Gasteiger partial charge in [0.25, 0.3) is 0 Å². The standard InChI is InChI=1S/C15H18O3.C7H15NO/c1-10(15(17)18)12-7-5-11(6-8-12)9-13-3-2-4-14(13)16;9-7-6-8-4-2-1-3-5-8/h5-8,10,13H,2-4,9H2,1H3,(H,17,18);9H,1-7H2. The molecule has 2 aliphatic rings. The van der Waals surface area contributed by atoms with Crippen molar-refractivity contribution in [3.8, 4) is 0 Å². The summed E-state index contributed by atoms with van der Waals surface area (Å²) >= 11 is 0. The van der Waals surface area contributed by atoms with Crippen LogP contribution in [0.3, 0.4) is 0 Å². The van der Waals surface area contributed by atoms with E-state index < -0.39 is 11.9 Å². The van der Waals surface area contributed by atoms with Gasteiger partial charge in [-0.05, 0) is 63.2 Å². The number of hydrogen-bond acceptors (Lipinski definition) is 4. The minimum Gasteiger partial charge on any atom is -0.481 e. The summed E-state index contributed by atoms with van der Waals surface area (Å²) in [7, 11) is 0. The van der Waals surface area contributed by atoms with Crippen LogP contribution in [0.1, 0.15) is 62.5 Å². The van der Waals surface area contributed by atoms with Crippen molar-refractivity contribution in [2.75, 3.05) is 26.2 Å². The molecule has 1 saturated carbocycles. The molecule has 2 fully saturated rings. The Morgan fingerprint density at radius 3 is 2.33 bits per heavy atom. The third kappa shape index (κ3) is 7.07. The summed E-state index contributed by atoms with van der Waals surface area (Å²) in [5, 5.41) is 17.5. The number of β-amino-alcohol motifs (C(OH)–C–C–N with tert-alkyl or cyclic N) is 1. The summed E-state index contributed by atoms with van der Waals surface area (Å²) in [6, 6.07) is 7.60. The number of carbonyl (C=O) groups excluding carboxylic acids is 1. The van der Waals surface area contributed by atoms with Crippen LogP contribution in [0.2, 0.25) is 0 Å². The molecule has 1 aliphatic heterocycles. The Hall–Kier alpha value is -1.72. The molecule has 0 radical (unpaired) electrons. The lowest BCUT2D eigenvalue weighted by Gasteiger charge is -2.25. The molecule has 27 heavy (non-hydrogen) atoms. The van der Waals surface area contributed by atoms with Crippen molar-refractivity contribution in [2.45, 2.75) is 57.8 Å². The predicted molar refractivity (Wildman–Crippen MR) is 106 cm³/mol. The van der Waals surface area contributed by atoms with Crippen LogP contribution in [0.5, 0.6) is 0 Å². The fourth-order valence-electron chi connectivity index (χ4n) is 3.80. The van der Waals surface area contributed by atoms with E-state index in [2.05, 4.69) is 4.90 Å². The first-order chi connectivity index (χ1) is 13.0. The number of hydrogen-bond donors (Lipinski definition) is 2. The van der Waals surface area contributed by atoms with Crippen molar-refractivity contribution in [3.05, 3.63) is 35.4 Å². The highest BCUT2D eigenvalue weighted by Gasteiger charge is 2.24. The van der Waals surface area contributed by atoms with Crippen LogP contribution in [-0.2, 0) is 16.0 Å². The van der Waals surface area contributed by atoms with Gasteiger partial charge in [0.2, 0.25) is 0 Å². The number of nitrogens with zero attached hydrogens (tertiary/aromatic N) is 1. The monoisotopic (exact) mass is 375 g/mol. The molecule has 0 bridgehead atoms. The summed E-state index contributed by atoms with van der Waals surface area (Å²) in [6.45, 7) is 5.26. The van der Waals surface area contributed by atoms with Crippen LogP contribution in [0.25, 0.3) is 0 Å². The number of likely N-dealkylation sites (tertiary alicyclic amines) is 1. The van der Waals surface area contributed by atoms with E-state index in [0.29, 0.717) is 12.4 Å². The SMILES string of the molecule is CC(C(=O)O)c1ccc(CC2CCCC2=O)cc1.OCCN1CCCCC1. The van der Waals surface area contributed by atoms with Gasteiger partial charge in [-0.2, -0.15) is 0 Å². The molecule has 0 aromatic heterocycles. The number of rotatable bonds is 6. The van der Waals surface area contributed by atoms with Crippen LogP contribution in [0.4, 0.5) is 0 Å². The highest BCUT2D eigenvalue weighted by molar-refractivity contribution is 5.83. The third-order valence-corrected chi connectivity index (χ3v) is 5.63. The molecule has 1 saturated heterocycles. The Balaban J connectivity index is 0.000000244. The summed E-state index contributed by atoms with van der Waals surface area (Å²) in [6.07, 6.45) is 7.53. The van der Waals surface area contributed by atoms with Crippen LogP contribution in [0, 0.1) is 5.92 Å². The smallest absolute Gasteiger partial charge is 0.310 e. The van der Waals surface area contributed by atoms with Crippen molar-refractivity contribution in [3.63, 3.8) is 0 Å². The molecule has 150 valence electrons. The summed E-state index contributed by atoms with van der Waals surface area (Å²) in [4.78, 5) is 24.7. The molecule has 5 heteroatoms. The molecule has 1 aromatic rings. The molecular weight excluding hydrogens is 342 g/mol. The van der Waals surface area contributed by atoms with Gasteiger partial charge in [-0.1, -0.05) is 30.7 Å². The number of benzene rings is 1. The van der Waals surface area contributed by atoms with Gasteiger partial charge < -0.3 is 15.1 Å². The summed E-state index contributed by atoms with van der Waals surface area (Å²) < 4.78 is 0. The number of carboxylic acids is 1. The van der Waals surface area contributed by atoms with Crippen molar-refractivity contribution in [2.24, 2.45) is 5.92 Å². The Morgan fingerprint density at radius 1 is 1.15 bits per heavy atom. The molecule has 5 nitrogen and oxygen atoms in total. The van der Waals surface area contributed by atoms with Gasteiger partial charge in [-0.3, -0.25) is 9.59 Å². The van der Waals surface area contributed by atoms with Gasteiger partial charge in [0, 0.05) is 18.9 Å². The van der Waals surface area contributed by atoms with E-state index in [1.807, 2.05) is 24.3 Å². The van der Waals surface area contributed by atoms with Crippen LogP contribution < -0.4 is 0 Å². The fraction of sp³-hybridized carbons (Fsp3) is 0.636. The maximum atomic E-state index is 11.6. The minimum absolute atomic E-state index is 0.174. The zero-order chi connectivity index (χ0) is 19.6. The molecule has 3 rings (SSSR count). The maximum Gasteiger partial charge on any atom is 0.310 e. The predicted octanol–water partition coefficient (Wildman–Crippen LogP) is 3.25. The van der Waals surface area contributed by atoms with E-state index in [1.54, 1.807) is 6.92 Å². The maximum absolute atomic E-state index is 11.6. The lowest BCUT2D eigenvalue weighted by atomic mass is 9.94. The average Bonchev–Trinajstić information content (AvgIpc) is 3.08.